The molecular weight excluding hydrogens is 282 g/mol. The van der Waals surface area contributed by atoms with E-state index in [1.54, 1.807) is 17.8 Å². The Morgan fingerprint density at radius 3 is 2.39 bits per heavy atom. The molecule has 0 spiro atoms. The minimum Gasteiger partial charge on any atom is -0.399 e. The number of nitrogen functional groups attached to an aromatic ring is 1. The van der Waals surface area contributed by atoms with Gasteiger partial charge in [0.1, 0.15) is 0 Å². The van der Waals surface area contributed by atoms with Crippen LogP contribution in [0.2, 0.25) is 5.02 Å². The fraction of sp³-hybridized carbons (Fsp3) is 0.143. The van der Waals surface area contributed by atoms with Crippen molar-refractivity contribution in [3.8, 4) is 0 Å². The molecule has 4 heteroatoms. The summed E-state index contributed by atoms with van der Waals surface area (Å²) in [5.74, 6) is 2.10. The summed E-state index contributed by atoms with van der Waals surface area (Å²) in [5.41, 5.74) is 6.37. The maximum atomic E-state index is 6.12. The van der Waals surface area contributed by atoms with E-state index < -0.39 is 0 Å². The number of halogens is 1. The predicted octanol–water partition coefficient (Wildman–Crippen LogP) is 4.81. The Kier molecular flexibility index (Phi) is 5.29. The van der Waals surface area contributed by atoms with Gasteiger partial charge in [0, 0.05) is 27.0 Å². The molecule has 0 fully saturated rings. The fourth-order valence-corrected chi connectivity index (χ4v) is 3.65. The average molecular weight is 296 g/mol. The van der Waals surface area contributed by atoms with E-state index in [-0.39, 0.29) is 0 Å². The first-order valence-corrected chi connectivity index (χ1v) is 7.96. The van der Waals surface area contributed by atoms with E-state index >= 15 is 0 Å². The molecule has 0 aromatic heterocycles. The second kappa shape index (κ2) is 6.98. The van der Waals surface area contributed by atoms with Gasteiger partial charge in [0.25, 0.3) is 0 Å². The molecule has 2 aromatic carbocycles. The van der Waals surface area contributed by atoms with E-state index in [1.807, 2.05) is 30.0 Å². The van der Waals surface area contributed by atoms with Crippen molar-refractivity contribution in [2.75, 3.05) is 17.2 Å². The second-order valence-corrected chi connectivity index (χ2v) is 6.41. The summed E-state index contributed by atoms with van der Waals surface area (Å²) < 4.78 is 0. The van der Waals surface area contributed by atoms with Crippen molar-refractivity contribution in [1.29, 1.82) is 0 Å². The third-order valence-corrected chi connectivity index (χ3v) is 5.08. The zero-order valence-corrected chi connectivity index (χ0v) is 12.2. The van der Waals surface area contributed by atoms with Crippen LogP contribution in [0.4, 0.5) is 5.69 Å². The van der Waals surface area contributed by atoms with Gasteiger partial charge in [0.15, 0.2) is 0 Å². The smallest absolute Gasteiger partial charge is 0.0562 e. The Morgan fingerprint density at radius 1 is 0.944 bits per heavy atom. The number of hydrogen-bond donors (Lipinski definition) is 1. The molecule has 0 radical (unpaired) electrons. The molecule has 0 atom stereocenters. The fourth-order valence-electron chi connectivity index (χ4n) is 1.46. The summed E-state index contributed by atoms with van der Waals surface area (Å²) in [6.45, 7) is 0. The zero-order chi connectivity index (χ0) is 12.8. The molecule has 94 valence electrons. The van der Waals surface area contributed by atoms with Crippen molar-refractivity contribution < 1.29 is 0 Å². The Balaban J connectivity index is 1.79. The van der Waals surface area contributed by atoms with Gasteiger partial charge in [-0.2, -0.15) is 0 Å². The van der Waals surface area contributed by atoms with E-state index in [1.165, 1.54) is 4.90 Å². The van der Waals surface area contributed by atoms with Gasteiger partial charge < -0.3 is 5.73 Å². The van der Waals surface area contributed by atoms with Crippen molar-refractivity contribution >= 4 is 40.8 Å². The molecule has 0 aliphatic rings. The van der Waals surface area contributed by atoms with Crippen molar-refractivity contribution in [3.63, 3.8) is 0 Å². The van der Waals surface area contributed by atoms with Crippen LogP contribution >= 0.6 is 35.1 Å². The van der Waals surface area contributed by atoms with Crippen molar-refractivity contribution in [2.45, 2.75) is 9.79 Å². The first-order valence-electron chi connectivity index (χ1n) is 5.61. The van der Waals surface area contributed by atoms with Gasteiger partial charge in [0.05, 0.1) is 5.02 Å². The molecule has 2 aromatic rings. The lowest BCUT2D eigenvalue weighted by Gasteiger charge is -2.05. The van der Waals surface area contributed by atoms with Crippen LogP contribution in [0.5, 0.6) is 0 Å². The standard InChI is InChI=1S/C14H14ClNS2/c15-13-10-11(16)6-7-14(13)18-9-8-17-12-4-2-1-3-5-12/h1-7,10H,8-9,16H2. The van der Waals surface area contributed by atoms with Crippen LogP contribution in [0.25, 0.3) is 0 Å². The van der Waals surface area contributed by atoms with Crippen LogP contribution in [-0.4, -0.2) is 11.5 Å². The molecule has 0 unspecified atom stereocenters. The summed E-state index contributed by atoms with van der Waals surface area (Å²) in [4.78, 5) is 2.40. The van der Waals surface area contributed by atoms with E-state index in [2.05, 4.69) is 24.3 Å². The van der Waals surface area contributed by atoms with Gasteiger partial charge in [-0.3, -0.25) is 0 Å². The summed E-state index contributed by atoms with van der Waals surface area (Å²) >= 11 is 9.74. The molecule has 0 bridgehead atoms. The Morgan fingerprint density at radius 2 is 1.67 bits per heavy atom. The molecular formula is C14H14ClNS2. The van der Waals surface area contributed by atoms with Gasteiger partial charge in [-0.15, -0.1) is 23.5 Å². The van der Waals surface area contributed by atoms with E-state index in [0.29, 0.717) is 5.69 Å². The summed E-state index contributed by atoms with van der Waals surface area (Å²) in [6.07, 6.45) is 0. The summed E-state index contributed by atoms with van der Waals surface area (Å²) in [6, 6.07) is 16.1. The lowest BCUT2D eigenvalue weighted by molar-refractivity contribution is 1.41. The molecule has 0 saturated carbocycles. The van der Waals surface area contributed by atoms with E-state index in [4.69, 9.17) is 17.3 Å². The third-order valence-electron chi connectivity index (χ3n) is 2.31. The number of rotatable bonds is 5. The number of benzene rings is 2. The zero-order valence-electron chi connectivity index (χ0n) is 9.80. The molecule has 0 aliphatic carbocycles. The lowest BCUT2D eigenvalue weighted by atomic mass is 10.3. The van der Waals surface area contributed by atoms with Crippen LogP contribution < -0.4 is 5.73 Å². The van der Waals surface area contributed by atoms with Crippen molar-refractivity contribution in [3.05, 3.63) is 53.6 Å². The molecule has 1 nitrogen and oxygen atoms in total. The quantitative estimate of drug-likeness (QED) is 0.487. The molecule has 0 saturated heterocycles. The molecule has 2 N–H and O–H groups in total. The van der Waals surface area contributed by atoms with Crippen LogP contribution in [-0.2, 0) is 0 Å². The SMILES string of the molecule is Nc1ccc(SCCSc2ccccc2)c(Cl)c1. The van der Waals surface area contributed by atoms with Gasteiger partial charge in [-0.05, 0) is 30.3 Å². The minimum absolute atomic E-state index is 0.711. The first kappa shape index (κ1) is 13.7. The van der Waals surface area contributed by atoms with E-state index in [0.717, 1.165) is 21.4 Å². The normalized spacial score (nSPS) is 10.5. The number of anilines is 1. The molecule has 0 aliphatic heterocycles. The average Bonchev–Trinajstić information content (AvgIpc) is 2.38. The maximum absolute atomic E-state index is 6.12. The highest BCUT2D eigenvalue weighted by Crippen LogP contribution is 2.30. The maximum Gasteiger partial charge on any atom is 0.0562 e. The Hall–Kier alpha value is -0.770. The number of hydrogen-bond acceptors (Lipinski definition) is 3. The van der Waals surface area contributed by atoms with Crippen molar-refractivity contribution in [2.24, 2.45) is 0 Å². The topological polar surface area (TPSA) is 26.0 Å². The Labute approximate surface area is 121 Å². The first-order chi connectivity index (χ1) is 8.75. The summed E-state index contributed by atoms with van der Waals surface area (Å²) in [7, 11) is 0. The molecule has 18 heavy (non-hydrogen) atoms. The van der Waals surface area contributed by atoms with Crippen LogP contribution in [0, 0.1) is 0 Å². The van der Waals surface area contributed by atoms with Crippen molar-refractivity contribution in [1.82, 2.24) is 0 Å². The largest absolute Gasteiger partial charge is 0.399 e. The van der Waals surface area contributed by atoms with Gasteiger partial charge >= 0.3 is 0 Å². The lowest BCUT2D eigenvalue weighted by Crippen LogP contribution is -1.87. The minimum atomic E-state index is 0.711. The molecule has 0 heterocycles. The number of nitrogens with two attached hydrogens (primary N) is 1. The van der Waals surface area contributed by atoms with Gasteiger partial charge in [-0.25, -0.2) is 0 Å². The highest BCUT2D eigenvalue weighted by molar-refractivity contribution is 8.03. The van der Waals surface area contributed by atoms with Gasteiger partial charge in [-0.1, -0.05) is 29.8 Å². The molecule has 2 rings (SSSR count). The molecule has 0 amide bonds. The highest BCUT2D eigenvalue weighted by Gasteiger charge is 2.01. The number of thioether (sulfide) groups is 2. The Bertz CT molecular complexity index is 502. The van der Waals surface area contributed by atoms with Crippen LogP contribution in [0.3, 0.4) is 0 Å². The van der Waals surface area contributed by atoms with Gasteiger partial charge in [0.2, 0.25) is 0 Å². The van der Waals surface area contributed by atoms with Crippen LogP contribution in [0.1, 0.15) is 0 Å². The highest BCUT2D eigenvalue weighted by atomic mass is 35.5. The third kappa shape index (κ3) is 4.16. The van der Waals surface area contributed by atoms with Crippen LogP contribution in [0.15, 0.2) is 58.3 Å². The second-order valence-electron chi connectivity index (χ2n) is 3.70. The monoisotopic (exact) mass is 295 g/mol. The predicted molar refractivity (Wildman–Crippen MR) is 83.8 cm³/mol. The summed E-state index contributed by atoms with van der Waals surface area (Å²) in [5, 5.41) is 0.740. The van der Waals surface area contributed by atoms with E-state index in [9.17, 15) is 0 Å².